The summed E-state index contributed by atoms with van der Waals surface area (Å²) in [5, 5.41) is 3.10. The molecule has 12 heavy (non-hydrogen) atoms. The van der Waals surface area contributed by atoms with E-state index < -0.39 is 0 Å². The molecule has 66 valence electrons. The second-order valence-corrected chi connectivity index (χ2v) is 3.46. The number of aromatic nitrogens is 2. The van der Waals surface area contributed by atoms with E-state index in [2.05, 4.69) is 31.2 Å². The van der Waals surface area contributed by atoms with Gasteiger partial charge < -0.3 is 11.1 Å². The van der Waals surface area contributed by atoms with Crippen LogP contribution in [0.15, 0.2) is 10.7 Å². The van der Waals surface area contributed by atoms with Gasteiger partial charge in [0.05, 0.1) is 10.6 Å². The number of nitrogens with zero attached hydrogens (tertiary/aromatic N) is 2. The molecule has 0 aliphatic rings. The summed E-state index contributed by atoms with van der Waals surface area (Å²) in [4.78, 5) is 7.70. The molecule has 6 heteroatoms. The molecule has 1 rings (SSSR count). The van der Waals surface area contributed by atoms with Gasteiger partial charge in [-0.3, -0.25) is 0 Å². The van der Waals surface area contributed by atoms with E-state index in [4.69, 9.17) is 17.3 Å². The summed E-state index contributed by atoms with van der Waals surface area (Å²) in [7, 11) is 0. The molecule has 3 N–H and O–H groups in total. The van der Waals surface area contributed by atoms with Gasteiger partial charge in [0.15, 0.2) is 0 Å². The molecule has 4 nitrogen and oxygen atoms in total. The van der Waals surface area contributed by atoms with Gasteiger partial charge in [0.25, 0.3) is 0 Å². The summed E-state index contributed by atoms with van der Waals surface area (Å²) in [6.45, 7) is 1.81. The molecule has 0 spiro atoms. The van der Waals surface area contributed by atoms with Crippen LogP contribution in [0.5, 0.6) is 0 Å². The van der Waals surface area contributed by atoms with Crippen molar-refractivity contribution in [3.8, 4) is 0 Å². The quantitative estimate of drug-likeness (QED) is 0.619. The fraction of sp³-hybridized carbons (Fsp3) is 0.333. The van der Waals surface area contributed by atoms with Crippen molar-refractivity contribution in [3.05, 3.63) is 16.0 Å². The van der Waals surface area contributed by atoms with Gasteiger partial charge in [0, 0.05) is 6.20 Å². The van der Waals surface area contributed by atoms with Gasteiger partial charge in [0.2, 0.25) is 5.28 Å². The first-order valence-corrected chi connectivity index (χ1v) is 4.47. The van der Waals surface area contributed by atoms with Crippen molar-refractivity contribution in [3.63, 3.8) is 0 Å². The number of anilines is 1. The highest BCUT2D eigenvalue weighted by atomic mass is 79.9. The van der Waals surface area contributed by atoms with Crippen LogP contribution in [0.25, 0.3) is 0 Å². The predicted molar refractivity (Wildman–Crippen MR) is 52.0 cm³/mol. The van der Waals surface area contributed by atoms with Gasteiger partial charge in [0.1, 0.15) is 5.82 Å². The van der Waals surface area contributed by atoms with Crippen molar-refractivity contribution in [1.82, 2.24) is 9.97 Å². The molecule has 0 amide bonds. The monoisotopic (exact) mass is 250 g/mol. The van der Waals surface area contributed by atoms with E-state index in [0.717, 1.165) is 4.47 Å². The molecule has 1 heterocycles. The van der Waals surface area contributed by atoms with Gasteiger partial charge in [-0.2, -0.15) is 4.98 Å². The van der Waals surface area contributed by atoms with Crippen LogP contribution in [0.2, 0.25) is 5.28 Å². The first-order valence-electron chi connectivity index (χ1n) is 3.30. The molecule has 1 aromatic rings. The van der Waals surface area contributed by atoms with E-state index in [1.807, 2.05) is 6.92 Å². The number of rotatable bonds is 2. The average Bonchev–Trinajstić information content (AvgIpc) is 1.96. The molecule has 0 saturated carbocycles. The second kappa shape index (κ2) is 4.02. The van der Waals surface area contributed by atoms with E-state index in [9.17, 15) is 0 Å². The molecule has 0 aliphatic heterocycles. The number of nitrogens with two attached hydrogens (primary N) is 1. The van der Waals surface area contributed by atoms with Crippen LogP contribution < -0.4 is 11.1 Å². The Hall–Kier alpha value is -0.390. The Labute approximate surface area is 83.7 Å². The predicted octanol–water partition coefficient (Wildman–Crippen LogP) is 1.61. The first-order chi connectivity index (χ1) is 5.59. The van der Waals surface area contributed by atoms with E-state index in [-0.39, 0.29) is 11.4 Å². The Morgan fingerprint density at radius 1 is 1.75 bits per heavy atom. The molecular weight excluding hydrogens is 243 g/mol. The standard InChI is InChI=1S/C6H8BrClN4/c1-3(9)11-5-4(7)2-10-6(8)12-5/h2-3H,9H2,1H3,(H,10,11,12). The maximum atomic E-state index is 5.58. The molecule has 0 fully saturated rings. The van der Waals surface area contributed by atoms with Crippen LogP contribution in [-0.2, 0) is 0 Å². The van der Waals surface area contributed by atoms with Gasteiger partial charge in [-0.05, 0) is 34.5 Å². The minimum Gasteiger partial charge on any atom is -0.354 e. The molecule has 0 bridgehead atoms. The third kappa shape index (κ3) is 2.58. The SMILES string of the molecule is CC(N)Nc1nc(Cl)ncc1Br. The zero-order valence-electron chi connectivity index (χ0n) is 6.38. The molecule has 1 unspecified atom stereocenters. The Morgan fingerprint density at radius 3 is 3.00 bits per heavy atom. The van der Waals surface area contributed by atoms with Gasteiger partial charge in [-0.1, -0.05) is 0 Å². The van der Waals surface area contributed by atoms with Crippen molar-refractivity contribution in [1.29, 1.82) is 0 Å². The highest BCUT2D eigenvalue weighted by Crippen LogP contribution is 2.19. The molecule has 1 aromatic heterocycles. The summed E-state index contributed by atoms with van der Waals surface area (Å²) in [6.07, 6.45) is 1.40. The van der Waals surface area contributed by atoms with E-state index in [1.165, 1.54) is 0 Å². The summed E-state index contributed by atoms with van der Waals surface area (Å²) >= 11 is 8.83. The van der Waals surface area contributed by atoms with Crippen molar-refractivity contribution >= 4 is 33.3 Å². The van der Waals surface area contributed by atoms with Gasteiger partial charge >= 0.3 is 0 Å². The second-order valence-electron chi connectivity index (χ2n) is 2.27. The molecule has 0 aromatic carbocycles. The van der Waals surface area contributed by atoms with Crippen molar-refractivity contribution in [2.75, 3.05) is 5.32 Å². The smallest absolute Gasteiger partial charge is 0.224 e. The molecule has 1 atom stereocenters. The van der Waals surface area contributed by atoms with Crippen LogP contribution in [0.4, 0.5) is 5.82 Å². The first kappa shape index (κ1) is 9.70. The summed E-state index contributed by atoms with van der Waals surface area (Å²) in [5.41, 5.74) is 5.51. The Kier molecular flexibility index (Phi) is 3.25. The minimum absolute atomic E-state index is 0.174. The Bertz CT molecular complexity index is 278. The Morgan fingerprint density at radius 2 is 2.42 bits per heavy atom. The molecule has 0 radical (unpaired) electrons. The summed E-state index contributed by atoms with van der Waals surface area (Å²) in [5.74, 6) is 0.602. The third-order valence-electron chi connectivity index (χ3n) is 1.08. The van der Waals surface area contributed by atoms with E-state index in [1.54, 1.807) is 6.20 Å². The number of hydrogen-bond acceptors (Lipinski definition) is 4. The third-order valence-corrected chi connectivity index (χ3v) is 1.84. The summed E-state index contributed by atoms with van der Waals surface area (Å²) < 4.78 is 0.740. The molecule has 0 aliphatic carbocycles. The van der Waals surface area contributed by atoms with Crippen LogP contribution in [-0.4, -0.2) is 16.1 Å². The van der Waals surface area contributed by atoms with Crippen molar-refractivity contribution in [2.24, 2.45) is 5.73 Å². The lowest BCUT2D eigenvalue weighted by atomic mass is 10.5. The lowest BCUT2D eigenvalue weighted by Gasteiger charge is -2.09. The molecular formula is C6H8BrClN4. The highest BCUT2D eigenvalue weighted by Gasteiger charge is 2.03. The number of hydrogen-bond donors (Lipinski definition) is 2. The van der Waals surface area contributed by atoms with Crippen LogP contribution in [0.1, 0.15) is 6.92 Å². The maximum absolute atomic E-state index is 5.58. The number of halogens is 2. The number of nitrogens with one attached hydrogen (secondary N) is 1. The largest absolute Gasteiger partial charge is 0.354 e. The van der Waals surface area contributed by atoms with Crippen LogP contribution >= 0.6 is 27.5 Å². The Balaban J connectivity index is 2.90. The fourth-order valence-electron chi connectivity index (χ4n) is 0.662. The lowest BCUT2D eigenvalue weighted by Crippen LogP contribution is -2.26. The maximum Gasteiger partial charge on any atom is 0.224 e. The zero-order chi connectivity index (χ0) is 9.14. The van der Waals surface area contributed by atoms with Crippen molar-refractivity contribution < 1.29 is 0 Å². The normalized spacial score (nSPS) is 12.7. The van der Waals surface area contributed by atoms with E-state index in [0.29, 0.717) is 5.82 Å². The van der Waals surface area contributed by atoms with Crippen LogP contribution in [0.3, 0.4) is 0 Å². The van der Waals surface area contributed by atoms with Crippen LogP contribution in [0, 0.1) is 0 Å². The fourth-order valence-corrected chi connectivity index (χ4v) is 1.10. The van der Waals surface area contributed by atoms with Gasteiger partial charge in [-0.25, -0.2) is 4.98 Å². The van der Waals surface area contributed by atoms with Crippen molar-refractivity contribution in [2.45, 2.75) is 13.1 Å². The zero-order valence-corrected chi connectivity index (χ0v) is 8.72. The summed E-state index contributed by atoms with van der Waals surface area (Å²) in [6, 6.07) is 0. The highest BCUT2D eigenvalue weighted by molar-refractivity contribution is 9.10. The average molecular weight is 252 g/mol. The van der Waals surface area contributed by atoms with Gasteiger partial charge in [-0.15, -0.1) is 0 Å². The topological polar surface area (TPSA) is 63.8 Å². The minimum atomic E-state index is -0.174. The van der Waals surface area contributed by atoms with E-state index >= 15 is 0 Å². The lowest BCUT2D eigenvalue weighted by molar-refractivity contribution is 0.840. The molecule has 0 saturated heterocycles.